The maximum atomic E-state index is 12.6. The maximum absolute atomic E-state index is 12.6. The van der Waals surface area contributed by atoms with E-state index < -0.39 is 18.1 Å². The molecule has 7 heteroatoms. The molecule has 1 aromatic carbocycles. The van der Waals surface area contributed by atoms with Crippen LogP contribution < -0.4 is 0 Å². The number of benzene rings is 1. The van der Waals surface area contributed by atoms with Gasteiger partial charge in [-0.3, -0.25) is 4.90 Å². The molecule has 0 aliphatic rings. The predicted octanol–water partition coefficient (Wildman–Crippen LogP) is 2.55. The molecule has 0 fully saturated rings. The molecule has 140 valence electrons. The number of nitrogens with zero attached hydrogens (tertiary/aromatic N) is 3. The summed E-state index contributed by atoms with van der Waals surface area (Å²) in [5.74, 6) is -0.485. The van der Waals surface area contributed by atoms with Gasteiger partial charge in [-0.25, -0.2) is 14.6 Å². The van der Waals surface area contributed by atoms with Crippen molar-refractivity contribution in [1.82, 2.24) is 14.5 Å². The molecule has 0 radical (unpaired) electrons. The third-order valence-corrected chi connectivity index (χ3v) is 3.91. The zero-order valence-electron chi connectivity index (χ0n) is 15.4. The number of hydrogen-bond donors (Lipinski definition) is 0. The number of hydrogen-bond acceptors (Lipinski definition) is 5. The van der Waals surface area contributed by atoms with Gasteiger partial charge >= 0.3 is 12.1 Å². The lowest BCUT2D eigenvalue weighted by Gasteiger charge is -2.28. The molecule has 0 saturated carbocycles. The molecule has 7 nitrogen and oxygen atoms in total. The summed E-state index contributed by atoms with van der Waals surface area (Å²) < 4.78 is 12.1. The number of carbonyl (C=O) groups excluding carboxylic acids is 2. The molecule has 0 spiro atoms. The van der Waals surface area contributed by atoms with Crippen molar-refractivity contribution in [3.05, 3.63) is 54.1 Å². The summed E-state index contributed by atoms with van der Waals surface area (Å²) in [6, 6.07) is 8.63. The third kappa shape index (κ3) is 5.34. The number of imidazole rings is 1. The van der Waals surface area contributed by atoms with E-state index in [1.54, 1.807) is 10.9 Å². The number of methoxy groups -OCH3 is 1. The van der Waals surface area contributed by atoms with E-state index in [1.165, 1.54) is 12.0 Å². The summed E-state index contributed by atoms with van der Waals surface area (Å²) >= 11 is 0. The first kappa shape index (κ1) is 19.5. The highest BCUT2D eigenvalue weighted by Gasteiger charge is 2.32. The average molecular weight is 359 g/mol. The Balaban J connectivity index is 2.12. The Morgan fingerprint density at radius 3 is 2.58 bits per heavy atom. The van der Waals surface area contributed by atoms with E-state index in [2.05, 4.69) is 4.98 Å². The summed E-state index contributed by atoms with van der Waals surface area (Å²) in [5, 5.41) is 0. The summed E-state index contributed by atoms with van der Waals surface area (Å²) in [4.78, 5) is 30.6. The lowest BCUT2D eigenvalue weighted by molar-refractivity contribution is -0.146. The van der Waals surface area contributed by atoms with E-state index in [0.717, 1.165) is 5.56 Å². The molecule has 1 aromatic heterocycles. The monoisotopic (exact) mass is 359 g/mol. The molecule has 2 rings (SSSR count). The van der Waals surface area contributed by atoms with Gasteiger partial charge in [-0.15, -0.1) is 0 Å². The Hall–Kier alpha value is -2.83. The van der Waals surface area contributed by atoms with Gasteiger partial charge in [0.2, 0.25) is 0 Å². The second-order valence-electron chi connectivity index (χ2n) is 6.01. The number of amides is 1. The Morgan fingerprint density at radius 1 is 1.27 bits per heavy atom. The lowest BCUT2D eigenvalue weighted by atomic mass is 10.1. The van der Waals surface area contributed by atoms with Crippen LogP contribution in [-0.4, -0.2) is 46.2 Å². The summed E-state index contributed by atoms with van der Waals surface area (Å²) in [7, 11) is 3.16. The maximum Gasteiger partial charge on any atom is 0.410 e. The largest absolute Gasteiger partial charge is 0.467 e. The molecule has 0 N–H and O–H groups in total. The molecule has 26 heavy (non-hydrogen) atoms. The first-order chi connectivity index (χ1) is 12.5. The van der Waals surface area contributed by atoms with Crippen molar-refractivity contribution >= 4 is 12.1 Å². The van der Waals surface area contributed by atoms with Gasteiger partial charge in [0.25, 0.3) is 0 Å². The number of aromatic nitrogens is 2. The van der Waals surface area contributed by atoms with Crippen LogP contribution in [0.25, 0.3) is 0 Å². The van der Waals surface area contributed by atoms with Crippen molar-refractivity contribution in [2.75, 3.05) is 13.7 Å². The smallest absolute Gasteiger partial charge is 0.410 e. The van der Waals surface area contributed by atoms with Crippen LogP contribution in [0.2, 0.25) is 0 Å². The molecular weight excluding hydrogens is 334 g/mol. The van der Waals surface area contributed by atoms with Gasteiger partial charge in [0.1, 0.15) is 12.6 Å². The van der Waals surface area contributed by atoms with Crippen molar-refractivity contribution in [1.29, 1.82) is 0 Å². The van der Waals surface area contributed by atoms with Crippen LogP contribution in [0.4, 0.5) is 4.79 Å². The molecule has 0 aliphatic heterocycles. The first-order valence-electron chi connectivity index (χ1n) is 8.57. The zero-order chi connectivity index (χ0) is 18.9. The van der Waals surface area contributed by atoms with Gasteiger partial charge in [0.05, 0.1) is 19.1 Å². The summed E-state index contributed by atoms with van der Waals surface area (Å²) in [5.41, 5.74) is 1.59. The highest BCUT2D eigenvalue weighted by molar-refractivity contribution is 5.81. The fourth-order valence-corrected chi connectivity index (χ4v) is 2.64. The zero-order valence-corrected chi connectivity index (χ0v) is 15.4. The average Bonchev–Trinajstić information content (AvgIpc) is 3.07. The van der Waals surface area contributed by atoms with E-state index >= 15 is 0 Å². The van der Waals surface area contributed by atoms with Gasteiger partial charge < -0.3 is 14.0 Å². The van der Waals surface area contributed by atoms with E-state index in [0.29, 0.717) is 18.7 Å². The van der Waals surface area contributed by atoms with Crippen molar-refractivity contribution in [2.45, 2.75) is 32.4 Å². The van der Waals surface area contributed by atoms with Gasteiger partial charge in [-0.2, -0.15) is 0 Å². The van der Waals surface area contributed by atoms with E-state index in [-0.39, 0.29) is 13.0 Å². The number of aryl methyl sites for hydroxylation is 1. The van der Waals surface area contributed by atoms with Gasteiger partial charge in [0.15, 0.2) is 0 Å². The molecule has 1 atom stereocenters. The lowest BCUT2D eigenvalue weighted by Crippen LogP contribution is -2.47. The number of carbonyl (C=O) groups is 2. The molecule has 0 bridgehead atoms. The minimum atomic E-state index is -0.780. The van der Waals surface area contributed by atoms with Crippen LogP contribution in [0.3, 0.4) is 0 Å². The first-order valence-corrected chi connectivity index (χ1v) is 8.57. The Bertz CT molecular complexity index is 715. The van der Waals surface area contributed by atoms with Gasteiger partial charge in [-0.05, 0) is 12.0 Å². The second-order valence-corrected chi connectivity index (χ2v) is 6.01. The number of rotatable bonds is 8. The number of ether oxygens (including phenoxy) is 2. The molecule has 0 saturated heterocycles. The molecule has 1 amide bonds. The molecule has 0 aliphatic carbocycles. The van der Waals surface area contributed by atoms with Crippen molar-refractivity contribution in [3.8, 4) is 0 Å². The van der Waals surface area contributed by atoms with Crippen LogP contribution in [-0.2, 0) is 34.3 Å². The molecule has 0 unspecified atom stereocenters. The standard InChI is InChI=1S/C19H25N3O4/c1-4-10-22(19(24)26-13-15-8-6-5-7-9-15)17(18(23)25-3)11-16-12-21(2)14-20-16/h5-9,12,14,17H,4,10-11,13H2,1-3H3/t17-/m0/s1. The Labute approximate surface area is 153 Å². The predicted molar refractivity (Wildman–Crippen MR) is 96.3 cm³/mol. The molecule has 2 aromatic rings. The van der Waals surface area contributed by atoms with Gasteiger partial charge in [0, 0.05) is 26.2 Å². The van der Waals surface area contributed by atoms with Crippen LogP contribution >= 0.6 is 0 Å². The Morgan fingerprint density at radius 2 is 2.00 bits per heavy atom. The highest BCUT2D eigenvalue weighted by atomic mass is 16.6. The van der Waals surface area contributed by atoms with Crippen LogP contribution in [0.15, 0.2) is 42.9 Å². The normalized spacial score (nSPS) is 11.7. The number of esters is 1. The highest BCUT2D eigenvalue weighted by Crippen LogP contribution is 2.13. The van der Waals surface area contributed by atoms with Crippen LogP contribution in [0, 0.1) is 0 Å². The third-order valence-electron chi connectivity index (χ3n) is 3.91. The molecular formula is C19H25N3O4. The second kappa shape index (κ2) is 9.60. The summed E-state index contributed by atoms with van der Waals surface area (Å²) in [6.45, 7) is 2.48. The molecule has 1 heterocycles. The van der Waals surface area contributed by atoms with Crippen LogP contribution in [0.5, 0.6) is 0 Å². The minimum absolute atomic E-state index is 0.150. The minimum Gasteiger partial charge on any atom is -0.467 e. The van der Waals surface area contributed by atoms with E-state index in [1.807, 2.05) is 50.5 Å². The summed E-state index contributed by atoms with van der Waals surface area (Å²) in [6.07, 6.45) is 3.89. The fourth-order valence-electron chi connectivity index (χ4n) is 2.64. The topological polar surface area (TPSA) is 73.7 Å². The quantitative estimate of drug-likeness (QED) is 0.677. The Kier molecular flexibility index (Phi) is 7.20. The van der Waals surface area contributed by atoms with Crippen molar-refractivity contribution in [2.24, 2.45) is 7.05 Å². The van der Waals surface area contributed by atoms with E-state index in [9.17, 15) is 9.59 Å². The van der Waals surface area contributed by atoms with Crippen molar-refractivity contribution in [3.63, 3.8) is 0 Å². The van der Waals surface area contributed by atoms with Crippen LogP contribution in [0.1, 0.15) is 24.6 Å². The SMILES string of the molecule is CCCN(C(=O)OCc1ccccc1)[C@@H](Cc1cn(C)cn1)C(=O)OC. The fraction of sp³-hybridized carbons (Fsp3) is 0.421. The van der Waals surface area contributed by atoms with Gasteiger partial charge in [-0.1, -0.05) is 37.3 Å². The van der Waals surface area contributed by atoms with E-state index in [4.69, 9.17) is 9.47 Å². The van der Waals surface area contributed by atoms with Crippen molar-refractivity contribution < 1.29 is 19.1 Å².